The van der Waals surface area contributed by atoms with Crippen LogP contribution in [0.1, 0.15) is 19.3 Å². The first-order valence-electron chi connectivity index (χ1n) is 7.17. The minimum atomic E-state index is 0.401. The molecule has 2 aromatic rings. The van der Waals surface area contributed by atoms with Crippen LogP contribution in [0.4, 0.5) is 5.13 Å². The monoisotopic (exact) mass is 273 g/mol. The van der Waals surface area contributed by atoms with Crippen molar-refractivity contribution in [3.63, 3.8) is 0 Å². The van der Waals surface area contributed by atoms with Gasteiger partial charge in [-0.3, -0.25) is 0 Å². The molecule has 19 heavy (non-hydrogen) atoms. The van der Waals surface area contributed by atoms with Crippen LogP contribution >= 0.6 is 11.3 Å². The number of hydrogen-bond acceptors (Lipinski definition) is 4. The summed E-state index contributed by atoms with van der Waals surface area (Å²) in [5.74, 6) is 1.47. The highest BCUT2D eigenvalue weighted by atomic mass is 32.1. The third kappa shape index (κ3) is 1.94. The van der Waals surface area contributed by atoms with Crippen molar-refractivity contribution < 1.29 is 0 Å². The smallest absolute Gasteiger partial charge is 0.186 e. The van der Waals surface area contributed by atoms with Crippen molar-refractivity contribution in [3.05, 3.63) is 24.3 Å². The Labute approximate surface area is 117 Å². The van der Waals surface area contributed by atoms with Crippen LogP contribution in [0.3, 0.4) is 0 Å². The molecule has 3 nitrogen and oxygen atoms in total. The van der Waals surface area contributed by atoms with E-state index in [2.05, 4.69) is 29.2 Å². The maximum Gasteiger partial charge on any atom is 0.186 e. The van der Waals surface area contributed by atoms with E-state index in [0.29, 0.717) is 12.0 Å². The predicted molar refractivity (Wildman–Crippen MR) is 80.6 cm³/mol. The average molecular weight is 273 g/mol. The van der Waals surface area contributed by atoms with Crippen molar-refractivity contribution >= 4 is 26.7 Å². The summed E-state index contributed by atoms with van der Waals surface area (Å²) in [5.41, 5.74) is 7.42. The number of nitrogens with two attached hydrogens (primary N) is 1. The minimum Gasteiger partial charge on any atom is -0.347 e. The van der Waals surface area contributed by atoms with Gasteiger partial charge >= 0.3 is 0 Å². The topological polar surface area (TPSA) is 42.1 Å². The first-order chi connectivity index (χ1) is 9.31. The molecule has 1 aromatic carbocycles. The van der Waals surface area contributed by atoms with Crippen molar-refractivity contribution in [1.29, 1.82) is 0 Å². The number of benzene rings is 1. The van der Waals surface area contributed by atoms with E-state index in [9.17, 15) is 0 Å². The molecular weight excluding hydrogens is 254 g/mol. The normalized spacial score (nSPS) is 30.8. The molecule has 4 rings (SSSR count). The molecule has 2 fully saturated rings. The second-order valence-corrected chi connectivity index (χ2v) is 6.90. The van der Waals surface area contributed by atoms with Gasteiger partial charge in [-0.1, -0.05) is 29.9 Å². The Kier molecular flexibility index (Phi) is 2.74. The van der Waals surface area contributed by atoms with Gasteiger partial charge in [0.15, 0.2) is 5.13 Å². The Balaban J connectivity index is 1.63. The Morgan fingerprint density at radius 3 is 2.95 bits per heavy atom. The minimum absolute atomic E-state index is 0.401. The summed E-state index contributed by atoms with van der Waals surface area (Å²) in [6.07, 6.45) is 3.85. The number of rotatable bonds is 1. The summed E-state index contributed by atoms with van der Waals surface area (Å²) >= 11 is 1.82. The van der Waals surface area contributed by atoms with Gasteiger partial charge in [-0.05, 0) is 36.8 Å². The summed E-state index contributed by atoms with van der Waals surface area (Å²) in [6, 6.07) is 8.81. The third-order valence-corrected chi connectivity index (χ3v) is 5.80. The van der Waals surface area contributed by atoms with E-state index >= 15 is 0 Å². The molecular formula is C15H19N3S. The molecule has 0 bridgehead atoms. The summed E-state index contributed by atoms with van der Waals surface area (Å²) < 4.78 is 1.29. The zero-order chi connectivity index (χ0) is 12.8. The number of hydrogen-bond donors (Lipinski definition) is 1. The SMILES string of the molecule is NC1CCCC2CN(c3nc4ccccc4s3)CC12. The molecule has 3 unspecified atom stereocenters. The lowest BCUT2D eigenvalue weighted by atomic mass is 9.78. The van der Waals surface area contributed by atoms with Crippen LogP contribution in [-0.4, -0.2) is 24.1 Å². The average Bonchev–Trinajstić information content (AvgIpc) is 3.02. The van der Waals surface area contributed by atoms with Crippen molar-refractivity contribution in [2.45, 2.75) is 25.3 Å². The van der Waals surface area contributed by atoms with E-state index in [1.807, 2.05) is 11.3 Å². The van der Waals surface area contributed by atoms with E-state index in [-0.39, 0.29) is 0 Å². The summed E-state index contributed by atoms with van der Waals surface area (Å²) in [6.45, 7) is 2.25. The molecule has 1 aliphatic heterocycles. The molecule has 2 aliphatic rings. The molecule has 1 aliphatic carbocycles. The molecule has 4 heteroatoms. The van der Waals surface area contributed by atoms with E-state index in [1.54, 1.807) is 0 Å². The molecule has 1 aromatic heterocycles. The van der Waals surface area contributed by atoms with Crippen molar-refractivity contribution in [1.82, 2.24) is 4.98 Å². The van der Waals surface area contributed by atoms with Gasteiger partial charge in [-0.25, -0.2) is 4.98 Å². The van der Waals surface area contributed by atoms with Gasteiger partial charge in [0.1, 0.15) is 0 Å². The van der Waals surface area contributed by atoms with Crippen LogP contribution < -0.4 is 10.6 Å². The lowest BCUT2D eigenvalue weighted by molar-refractivity contribution is 0.260. The van der Waals surface area contributed by atoms with Gasteiger partial charge < -0.3 is 10.6 Å². The van der Waals surface area contributed by atoms with Gasteiger partial charge in [-0.15, -0.1) is 0 Å². The van der Waals surface area contributed by atoms with E-state index < -0.39 is 0 Å². The highest BCUT2D eigenvalue weighted by Gasteiger charge is 2.39. The standard InChI is InChI=1S/C15H19N3S/c16-12-5-3-4-10-8-18(9-11(10)12)15-17-13-6-1-2-7-14(13)19-15/h1-2,6-7,10-12H,3-5,8-9,16H2. The lowest BCUT2D eigenvalue weighted by Gasteiger charge is -2.29. The highest BCUT2D eigenvalue weighted by Crippen LogP contribution is 2.39. The van der Waals surface area contributed by atoms with E-state index in [1.165, 1.54) is 29.1 Å². The van der Waals surface area contributed by atoms with Crippen LogP contribution in [0, 0.1) is 11.8 Å². The Hall–Kier alpha value is -1.13. The molecule has 0 amide bonds. The number of nitrogens with zero attached hydrogens (tertiary/aromatic N) is 2. The lowest BCUT2D eigenvalue weighted by Crippen LogP contribution is -2.38. The Morgan fingerprint density at radius 2 is 2.11 bits per heavy atom. The fourth-order valence-corrected chi connectivity index (χ4v) is 4.65. The predicted octanol–water partition coefficient (Wildman–Crippen LogP) is 2.86. The maximum atomic E-state index is 6.29. The molecule has 2 N–H and O–H groups in total. The Bertz CT molecular complexity index is 561. The second kappa shape index (κ2) is 4.46. The number of fused-ring (bicyclic) bond motifs is 2. The largest absolute Gasteiger partial charge is 0.347 e. The molecule has 1 saturated carbocycles. The first-order valence-corrected chi connectivity index (χ1v) is 7.99. The quantitative estimate of drug-likeness (QED) is 0.868. The maximum absolute atomic E-state index is 6.29. The fraction of sp³-hybridized carbons (Fsp3) is 0.533. The molecule has 1 saturated heterocycles. The Morgan fingerprint density at radius 1 is 1.21 bits per heavy atom. The van der Waals surface area contributed by atoms with Crippen LogP contribution in [0.15, 0.2) is 24.3 Å². The van der Waals surface area contributed by atoms with Gasteiger partial charge in [0.05, 0.1) is 10.2 Å². The fourth-order valence-electron chi connectivity index (χ4n) is 3.67. The summed E-state index contributed by atoms with van der Waals surface area (Å²) in [7, 11) is 0. The van der Waals surface area contributed by atoms with E-state index in [4.69, 9.17) is 10.7 Å². The first kappa shape index (κ1) is 11.7. The van der Waals surface area contributed by atoms with Crippen LogP contribution in [-0.2, 0) is 0 Å². The zero-order valence-corrected chi connectivity index (χ0v) is 11.8. The molecule has 3 atom stereocenters. The zero-order valence-electron chi connectivity index (χ0n) is 11.0. The summed E-state index contributed by atoms with van der Waals surface area (Å²) in [4.78, 5) is 7.24. The number of para-hydroxylation sites is 1. The van der Waals surface area contributed by atoms with Crippen molar-refractivity contribution in [2.75, 3.05) is 18.0 Å². The van der Waals surface area contributed by atoms with Crippen LogP contribution in [0.5, 0.6) is 0 Å². The second-order valence-electron chi connectivity index (χ2n) is 5.89. The van der Waals surface area contributed by atoms with E-state index in [0.717, 1.165) is 24.5 Å². The molecule has 0 spiro atoms. The molecule has 100 valence electrons. The van der Waals surface area contributed by atoms with Crippen molar-refractivity contribution in [2.24, 2.45) is 17.6 Å². The number of anilines is 1. The van der Waals surface area contributed by atoms with Crippen LogP contribution in [0.25, 0.3) is 10.2 Å². The number of thiazole rings is 1. The van der Waals surface area contributed by atoms with Gasteiger partial charge in [0, 0.05) is 19.1 Å². The van der Waals surface area contributed by atoms with Crippen molar-refractivity contribution in [3.8, 4) is 0 Å². The van der Waals surface area contributed by atoms with Gasteiger partial charge in [-0.2, -0.15) is 0 Å². The van der Waals surface area contributed by atoms with Gasteiger partial charge in [0.2, 0.25) is 0 Å². The third-order valence-electron chi connectivity index (χ3n) is 4.71. The highest BCUT2D eigenvalue weighted by molar-refractivity contribution is 7.22. The van der Waals surface area contributed by atoms with Gasteiger partial charge in [0.25, 0.3) is 0 Å². The molecule has 0 radical (unpaired) electrons. The number of aromatic nitrogens is 1. The summed E-state index contributed by atoms with van der Waals surface area (Å²) in [5, 5.41) is 1.18. The van der Waals surface area contributed by atoms with Crippen LogP contribution in [0.2, 0.25) is 0 Å². The molecule has 2 heterocycles.